The molecule has 0 aliphatic heterocycles. The van der Waals surface area contributed by atoms with Crippen molar-refractivity contribution < 1.29 is 19.0 Å². The normalized spacial score (nSPS) is 11.0. The van der Waals surface area contributed by atoms with E-state index in [0.29, 0.717) is 48.6 Å². The molecule has 0 atom stereocenters. The number of ether oxygens (including phenoxy) is 3. The molecule has 0 radical (unpaired) electrons. The molecule has 0 saturated carbocycles. The number of fused-ring (bicyclic) bond motifs is 1. The van der Waals surface area contributed by atoms with Crippen molar-refractivity contribution in [3.05, 3.63) is 41.4 Å². The van der Waals surface area contributed by atoms with Gasteiger partial charge in [-0.25, -0.2) is 4.98 Å². The Morgan fingerprint density at radius 2 is 1.97 bits per heavy atom. The van der Waals surface area contributed by atoms with Crippen molar-refractivity contribution in [1.29, 1.82) is 0 Å². The second-order valence-electron chi connectivity index (χ2n) is 6.53. The number of carbonyl (C=O) groups is 1. The van der Waals surface area contributed by atoms with E-state index < -0.39 is 0 Å². The molecule has 1 amide bonds. The van der Waals surface area contributed by atoms with E-state index in [0.717, 1.165) is 16.2 Å². The van der Waals surface area contributed by atoms with E-state index in [1.165, 1.54) is 11.8 Å². The molecule has 166 valence electrons. The number of halogens is 1. The van der Waals surface area contributed by atoms with E-state index in [1.807, 2.05) is 42.7 Å². The Kier molecular flexibility index (Phi) is 8.45. The van der Waals surface area contributed by atoms with Crippen LogP contribution < -0.4 is 14.8 Å². The number of carbonyl (C=O) groups excluding carboxylic acids is 1. The fraction of sp³-hybridized carbons (Fsp3) is 0.364. The Morgan fingerprint density at radius 1 is 1.16 bits per heavy atom. The molecule has 31 heavy (non-hydrogen) atoms. The molecule has 9 heteroatoms. The van der Waals surface area contributed by atoms with E-state index in [4.69, 9.17) is 25.8 Å². The number of aromatic nitrogens is 2. The second-order valence-corrected chi connectivity index (χ2v) is 7.91. The van der Waals surface area contributed by atoms with Crippen molar-refractivity contribution >= 4 is 46.0 Å². The van der Waals surface area contributed by atoms with Crippen LogP contribution in [0.1, 0.15) is 13.8 Å². The number of methoxy groups -OCH3 is 1. The summed E-state index contributed by atoms with van der Waals surface area (Å²) in [5.41, 5.74) is 2.32. The molecule has 0 aliphatic carbocycles. The highest BCUT2D eigenvalue weighted by molar-refractivity contribution is 7.99. The van der Waals surface area contributed by atoms with Gasteiger partial charge in [-0.1, -0.05) is 23.4 Å². The van der Waals surface area contributed by atoms with Crippen molar-refractivity contribution in [1.82, 2.24) is 9.55 Å². The van der Waals surface area contributed by atoms with Gasteiger partial charge in [-0.15, -0.1) is 0 Å². The highest BCUT2D eigenvalue weighted by atomic mass is 35.5. The molecular formula is C22H26ClN3O4S. The number of thioether (sulfide) groups is 1. The first-order valence-electron chi connectivity index (χ1n) is 10.0. The Morgan fingerprint density at radius 3 is 2.71 bits per heavy atom. The first kappa shape index (κ1) is 23.2. The van der Waals surface area contributed by atoms with Crippen LogP contribution in [0.25, 0.3) is 11.0 Å². The van der Waals surface area contributed by atoms with Gasteiger partial charge in [0.1, 0.15) is 11.5 Å². The lowest BCUT2D eigenvalue weighted by Gasteiger charge is -2.13. The lowest BCUT2D eigenvalue weighted by Crippen LogP contribution is -2.16. The fourth-order valence-corrected chi connectivity index (χ4v) is 4.06. The van der Waals surface area contributed by atoms with Crippen LogP contribution >= 0.6 is 23.4 Å². The van der Waals surface area contributed by atoms with Crippen LogP contribution in [0.5, 0.6) is 11.5 Å². The Bertz CT molecular complexity index is 1040. The lowest BCUT2D eigenvalue weighted by molar-refractivity contribution is -0.113. The summed E-state index contributed by atoms with van der Waals surface area (Å²) in [6, 6.07) is 11.0. The van der Waals surface area contributed by atoms with Crippen molar-refractivity contribution in [2.45, 2.75) is 25.5 Å². The maximum atomic E-state index is 12.7. The van der Waals surface area contributed by atoms with E-state index in [1.54, 1.807) is 19.2 Å². The SMILES string of the molecule is CCOc1ccc(OCC)c(NC(=O)CSc2nc3cc(Cl)ccc3n2CCOC)c1. The van der Waals surface area contributed by atoms with Crippen LogP contribution in [0.3, 0.4) is 0 Å². The summed E-state index contributed by atoms with van der Waals surface area (Å²) in [6.45, 7) is 6.01. The summed E-state index contributed by atoms with van der Waals surface area (Å²) in [4.78, 5) is 17.3. The van der Waals surface area contributed by atoms with Gasteiger partial charge in [-0.3, -0.25) is 4.79 Å². The summed E-state index contributed by atoms with van der Waals surface area (Å²) in [7, 11) is 1.66. The smallest absolute Gasteiger partial charge is 0.234 e. The number of hydrogen-bond acceptors (Lipinski definition) is 6. The van der Waals surface area contributed by atoms with Gasteiger partial charge in [0.15, 0.2) is 5.16 Å². The number of amides is 1. The summed E-state index contributed by atoms with van der Waals surface area (Å²) >= 11 is 7.47. The van der Waals surface area contributed by atoms with Crippen LogP contribution in [0.2, 0.25) is 5.02 Å². The van der Waals surface area contributed by atoms with Gasteiger partial charge in [0.05, 0.1) is 42.3 Å². The van der Waals surface area contributed by atoms with Gasteiger partial charge in [0, 0.05) is 24.7 Å². The zero-order valence-electron chi connectivity index (χ0n) is 17.8. The van der Waals surface area contributed by atoms with Gasteiger partial charge < -0.3 is 24.1 Å². The van der Waals surface area contributed by atoms with Crippen LogP contribution in [0.15, 0.2) is 41.6 Å². The quantitative estimate of drug-likeness (QED) is 0.409. The minimum absolute atomic E-state index is 0.164. The maximum absolute atomic E-state index is 12.7. The lowest BCUT2D eigenvalue weighted by atomic mass is 10.2. The molecule has 0 aliphatic rings. The van der Waals surface area contributed by atoms with Crippen molar-refractivity contribution in [2.24, 2.45) is 0 Å². The minimum Gasteiger partial charge on any atom is -0.494 e. The average Bonchev–Trinajstić information content (AvgIpc) is 3.09. The summed E-state index contributed by atoms with van der Waals surface area (Å²) < 4.78 is 18.4. The van der Waals surface area contributed by atoms with Crippen LogP contribution in [0, 0.1) is 0 Å². The molecular weight excluding hydrogens is 438 g/mol. The topological polar surface area (TPSA) is 74.6 Å². The highest BCUT2D eigenvalue weighted by Gasteiger charge is 2.15. The first-order valence-corrected chi connectivity index (χ1v) is 11.4. The second kappa shape index (κ2) is 11.3. The number of nitrogens with one attached hydrogen (secondary N) is 1. The van der Waals surface area contributed by atoms with E-state index in [9.17, 15) is 4.79 Å². The Balaban J connectivity index is 1.75. The Hall–Kier alpha value is -2.42. The number of imidazole rings is 1. The monoisotopic (exact) mass is 463 g/mol. The number of benzene rings is 2. The third kappa shape index (κ3) is 6.06. The molecule has 0 fully saturated rings. The van der Waals surface area contributed by atoms with Crippen molar-refractivity contribution in [3.8, 4) is 11.5 Å². The number of hydrogen-bond donors (Lipinski definition) is 1. The third-order valence-electron chi connectivity index (χ3n) is 4.36. The molecule has 0 bridgehead atoms. The molecule has 0 unspecified atom stereocenters. The summed E-state index contributed by atoms with van der Waals surface area (Å²) in [6.07, 6.45) is 0. The number of nitrogens with zero attached hydrogens (tertiary/aromatic N) is 2. The van der Waals surface area contributed by atoms with Crippen molar-refractivity contribution in [3.63, 3.8) is 0 Å². The first-order chi connectivity index (χ1) is 15.0. The van der Waals surface area contributed by atoms with Gasteiger partial charge in [0.25, 0.3) is 0 Å². The number of rotatable bonds is 11. The van der Waals surface area contributed by atoms with E-state index >= 15 is 0 Å². The molecule has 1 aromatic heterocycles. The predicted molar refractivity (Wildman–Crippen MR) is 125 cm³/mol. The van der Waals surface area contributed by atoms with Crippen LogP contribution in [0.4, 0.5) is 5.69 Å². The molecule has 2 aromatic carbocycles. The van der Waals surface area contributed by atoms with Crippen molar-refractivity contribution in [2.75, 3.05) is 38.0 Å². The third-order valence-corrected chi connectivity index (χ3v) is 5.57. The Labute approximate surface area is 191 Å². The van der Waals surface area contributed by atoms with E-state index in [2.05, 4.69) is 10.3 Å². The highest BCUT2D eigenvalue weighted by Crippen LogP contribution is 2.30. The maximum Gasteiger partial charge on any atom is 0.234 e. The van der Waals surface area contributed by atoms with Crippen LogP contribution in [-0.2, 0) is 16.1 Å². The van der Waals surface area contributed by atoms with Gasteiger partial charge >= 0.3 is 0 Å². The average molecular weight is 464 g/mol. The van der Waals surface area contributed by atoms with Gasteiger partial charge in [-0.2, -0.15) is 0 Å². The molecule has 7 nitrogen and oxygen atoms in total. The largest absolute Gasteiger partial charge is 0.494 e. The molecule has 3 aromatic rings. The van der Waals surface area contributed by atoms with Gasteiger partial charge in [0.2, 0.25) is 5.91 Å². The molecule has 1 N–H and O–H groups in total. The zero-order valence-corrected chi connectivity index (χ0v) is 19.4. The molecule has 1 heterocycles. The van der Waals surface area contributed by atoms with Crippen LogP contribution in [-0.4, -0.2) is 48.1 Å². The van der Waals surface area contributed by atoms with E-state index in [-0.39, 0.29) is 11.7 Å². The zero-order chi connectivity index (χ0) is 22.2. The number of anilines is 1. The van der Waals surface area contributed by atoms with Gasteiger partial charge in [-0.05, 0) is 44.2 Å². The molecule has 3 rings (SSSR count). The predicted octanol–water partition coefficient (Wildman–Crippen LogP) is 4.86. The minimum atomic E-state index is -0.164. The summed E-state index contributed by atoms with van der Waals surface area (Å²) in [5.74, 6) is 1.30. The molecule has 0 saturated heterocycles. The molecule has 0 spiro atoms. The standard InChI is InChI=1S/C22H26ClN3O4S/c1-4-29-16-7-9-20(30-5-2)18(13-16)24-21(27)14-31-22-25-17-12-15(23)6-8-19(17)26(22)10-11-28-3/h6-9,12-13H,4-5,10-11,14H2,1-3H3,(H,24,27). The fourth-order valence-electron chi connectivity index (χ4n) is 3.05. The summed E-state index contributed by atoms with van der Waals surface area (Å²) in [5, 5.41) is 4.28.